The third-order valence-electron chi connectivity index (χ3n) is 7.52. The number of aliphatic hydroxyl groups excluding tert-OH is 7. The van der Waals surface area contributed by atoms with Gasteiger partial charge in [0.05, 0.1) is 25.4 Å². The summed E-state index contributed by atoms with van der Waals surface area (Å²) in [5.74, 6) is -0.106. The lowest BCUT2D eigenvalue weighted by Crippen LogP contribution is -2.61. The highest BCUT2D eigenvalue weighted by Gasteiger charge is 2.48. The van der Waals surface area contributed by atoms with Gasteiger partial charge < -0.3 is 59.8 Å². The van der Waals surface area contributed by atoms with Gasteiger partial charge in [-0.3, -0.25) is 4.79 Å². The van der Waals surface area contributed by atoms with Crippen LogP contribution in [0.5, 0.6) is 0 Å². The minimum absolute atomic E-state index is 0.106. The predicted molar refractivity (Wildman–Crippen MR) is 128 cm³/mol. The summed E-state index contributed by atoms with van der Waals surface area (Å²) in [5, 5.41) is 82.2. The molecule has 3 aliphatic rings. The molecule has 218 valence electrons. The van der Waals surface area contributed by atoms with Crippen molar-refractivity contribution in [2.45, 2.75) is 107 Å². The molecule has 0 unspecified atom stereocenters. The summed E-state index contributed by atoms with van der Waals surface area (Å²) in [7, 11) is 0. The Kier molecular flexibility index (Phi) is 9.89. The van der Waals surface area contributed by atoms with Crippen molar-refractivity contribution in [3.8, 4) is 0 Å². The molecule has 0 aromatic heterocycles. The molecule has 2 heterocycles. The first-order chi connectivity index (χ1) is 17.6. The van der Waals surface area contributed by atoms with E-state index in [-0.39, 0.29) is 12.2 Å². The lowest BCUT2D eigenvalue weighted by atomic mass is 9.64. The average molecular weight is 549 g/mol. The number of ketones is 1. The molecule has 13 heteroatoms. The Hall–Kier alpha value is -1.33. The smallest absolute Gasteiger partial charge is 0.186 e. The van der Waals surface area contributed by atoms with E-state index < -0.39 is 91.7 Å². The Morgan fingerprint density at radius 3 is 2.16 bits per heavy atom. The number of allylic oxidation sites excluding steroid dienone is 1. The fourth-order valence-corrected chi connectivity index (χ4v) is 4.90. The van der Waals surface area contributed by atoms with Crippen molar-refractivity contribution in [2.24, 2.45) is 5.41 Å². The van der Waals surface area contributed by atoms with Crippen LogP contribution in [-0.2, 0) is 23.7 Å². The second-order valence-corrected chi connectivity index (χ2v) is 10.9. The van der Waals surface area contributed by atoms with Gasteiger partial charge in [0, 0.05) is 11.8 Å². The molecule has 8 N–H and O–H groups in total. The van der Waals surface area contributed by atoms with Crippen LogP contribution < -0.4 is 0 Å². The number of carbonyl (C=O) groups is 1. The molecule has 0 spiro atoms. The van der Waals surface area contributed by atoms with E-state index in [4.69, 9.17) is 18.9 Å². The standard InChI is InChI=1S/C25H40O13/c1-11-7-14(27)8-24(3,4)25(11,34)6-5-13(26)9-35-23-21(33)19(31)17(29)15(38-23)10-36-22-20(32)18(30)16(28)12(2)37-22/h5-7,12-13,15-23,26,28-34H,8-10H2,1-4H3/b6-5+/t12-,13-,15+,16-,17+,18+,19-,20+,21+,22+,23+,25+/m0/s1. The van der Waals surface area contributed by atoms with Crippen LogP contribution in [0.1, 0.15) is 34.1 Å². The molecular weight excluding hydrogens is 508 g/mol. The third-order valence-corrected chi connectivity index (χ3v) is 7.52. The van der Waals surface area contributed by atoms with Crippen LogP contribution in [-0.4, -0.2) is 133 Å². The molecule has 13 nitrogen and oxygen atoms in total. The maximum atomic E-state index is 11.9. The van der Waals surface area contributed by atoms with Crippen molar-refractivity contribution in [1.82, 2.24) is 0 Å². The summed E-state index contributed by atoms with van der Waals surface area (Å²) in [6.07, 6.45) is -11.5. The van der Waals surface area contributed by atoms with E-state index in [1.807, 2.05) is 0 Å². The maximum absolute atomic E-state index is 11.9. The van der Waals surface area contributed by atoms with Gasteiger partial charge in [-0.15, -0.1) is 0 Å². The van der Waals surface area contributed by atoms with E-state index in [1.54, 1.807) is 20.8 Å². The van der Waals surface area contributed by atoms with Gasteiger partial charge in [0.2, 0.25) is 0 Å². The first-order valence-corrected chi connectivity index (χ1v) is 12.5. The Morgan fingerprint density at radius 2 is 1.55 bits per heavy atom. The number of aliphatic hydroxyl groups is 8. The quantitative estimate of drug-likeness (QED) is 0.145. The van der Waals surface area contributed by atoms with Gasteiger partial charge in [-0.25, -0.2) is 0 Å². The van der Waals surface area contributed by atoms with Crippen LogP contribution in [0, 0.1) is 5.41 Å². The van der Waals surface area contributed by atoms with Gasteiger partial charge >= 0.3 is 0 Å². The van der Waals surface area contributed by atoms with Crippen molar-refractivity contribution >= 4 is 5.78 Å². The zero-order chi connectivity index (χ0) is 28.6. The van der Waals surface area contributed by atoms with Crippen LogP contribution in [0.3, 0.4) is 0 Å². The maximum Gasteiger partial charge on any atom is 0.186 e. The van der Waals surface area contributed by atoms with E-state index in [0.29, 0.717) is 5.57 Å². The van der Waals surface area contributed by atoms with Gasteiger partial charge in [-0.05, 0) is 31.6 Å². The SMILES string of the molecule is CC1=CC(=O)CC(C)(C)[C@@]1(O)/C=C/[C@H](O)CO[C@@H]1O[C@H](CO[C@@H]2O[C@@H](C)[C@H](O)[C@@H](O)[C@H]2O)[C@@H](O)[C@H](O)[C@H]1O. The third kappa shape index (κ3) is 6.35. The zero-order valence-electron chi connectivity index (χ0n) is 21.8. The van der Waals surface area contributed by atoms with Gasteiger partial charge in [-0.1, -0.05) is 19.9 Å². The summed E-state index contributed by atoms with van der Waals surface area (Å²) in [6, 6.07) is 0. The highest BCUT2D eigenvalue weighted by molar-refractivity contribution is 5.92. The van der Waals surface area contributed by atoms with Gasteiger partial charge in [-0.2, -0.15) is 0 Å². The van der Waals surface area contributed by atoms with Gasteiger partial charge in [0.1, 0.15) is 48.3 Å². The molecular formula is C25H40O13. The minimum Gasteiger partial charge on any atom is -0.388 e. The Labute approximate surface area is 220 Å². The average Bonchev–Trinajstić information content (AvgIpc) is 2.84. The Morgan fingerprint density at radius 1 is 0.974 bits per heavy atom. The molecule has 2 saturated heterocycles. The fraction of sp³-hybridized carbons (Fsp3) is 0.800. The highest BCUT2D eigenvalue weighted by atomic mass is 16.7. The molecule has 12 atom stereocenters. The molecule has 38 heavy (non-hydrogen) atoms. The van der Waals surface area contributed by atoms with E-state index in [2.05, 4.69) is 0 Å². The molecule has 0 aromatic carbocycles. The number of hydrogen-bond donors (Lipinski definition) is 8. The van der Waals surface area contributed by atoms with Crippen molar-refractivity contribution in [2.75, 3.05) is 13.2 Å². The normalized spacial score (nSPS) is 44.7. The summed E-state index contributed by atoms with van der Waals surface area (Å²) in [6.45, 7) is 5.69. The van der Waals surface area contributed by atoms with E-state index in [0.717, 1.165) is 0 Å². The van der Waals surface area contributed by atoms with E-state index in [1.165, 1.54) is 25.2 Å². The van der Waals surface area contributed by atoms with Crippen LogP contribution in [0.2, 0.25) is 0 Å². The van der Waals surface area contributed by atoms with Crippen molar-refractivity contribution in [3.63, 3.8) is 0 Å². The molecule has 1 aliphatic carbocycles. The van der Waals surface area contributed by atoms with Crippen LogP contribution in [0.4, 0.5) is 0 Å². The molecule has 2 fully saturated rings. The molecule has 0 amide bonds. The van der Waals surface area contributed by atoms with Crippen molar-refractivity contribution in [3.05, 3.63) is 23.8 Å². The predicted octanol–water partition coefficient (Wildman–Crippen LogP) is -2.75. The van der Waals surface area contributed by atoms with E-state index >= 15 is 0 Å². The number of hydrogen-bond acceptors (Lipinski definition) is 13. The van der Waals surface area contributed by atoms with Crippen molar-refractivity contribution in [1.29, 1.82) is 0 Å². The number of ether oxygens (including phenoxy) is 4. The first-order valence-electron chi connectivity index (χ1n) is 12.5. The summed E-state index contributed by atoms with van der Waals surface area (Å²) >= 11 is 0. The molecule has 0 saturated carbocycles. The Balaban J connectivity index is 1.59. The molecule has 2 aliphatic heterocycles. The topological polar surface area (TPSA) is 216 Å². The minimum atomic E-state index is -1.70. The summed E-state index contributed by atoms with van der Waals surface area (Å²) < 4.78 is 21.7. The van der Waals surface area contributed by atoms with Crippen molar-refractivity contribution < 1.29 is 64.6 Å². The first kappa shape index (κ1) is 31.2. The highest BCUT2D eigenvalue weighted by Crippen LogP contribution is 2.44. The molecule has 0 aromatic rings. The van der Waals surface area contributed by atoms with Crippen LogP contribution in [0.15, 0.2) is 23.8 Å². The summed E-state index contributed by atoms with van der Waals surface area (Å²) in [5.41, 5.74) is -1.88. The summed E-state index contributed by atoms with van der Waals surface area (Å²) in [4.78, 5) is 11.9. The zero-order valence-corrected chi connectivity index (χ0v) is 21.8. The number of rotatable bonds is 8. The van der Waals surface area contributed by atoms with Gasteiger partial charge in [0.25, 0.3) is 0 Å². The van der Waals surface area contributed by atoms with E-state index in [9.17, 15) is 45.6 Å². The monoisotopic (exact) mass is 548 g/mol. The molecule has 3 rings (SSSR count). The second-order valence-electron chi connectivity index (χ2n) is 10.9. The largest absolute Gasteiger partial charge is 0.388 e. The van der Waals surface area contributed by atoms with Crippen LogP contribution >= 0.6 is 0 Å². The molecule has 0 bridgehead atoms. The Bertz CT molecular complexity index is 890. The lowest BCUT2D eigenvalue weighted by Gasteiger charge is -2.44. The van der Waals surface area contributed by atoms with Gasteiger partial charge in [0.15, 0.2) is 18.4 Å². The number of carbonyl (C=O) groups excluding carboxylic acids is 1. The van der Waals surface area contributed by atoms with Crippen LogP contribution in [0.25, 0.3) is 0 Å². The molecule has 0 radical (unpaired) electrons. The fourth-order valence-electron chi connectivity index (χ4n) is 4.90. The lowest BCUT2D eigenvalue weighted by molar-refractivity contribution is -0.329. The second kappa shape index (κ2) is 12.0.